The van der Waals surface area contributed by atoms with Crippen LogP contribution in [-0.2, 0) is 28.6 Å². The summed E-state index contributed by atoms with van der Waals surface area (Å²) in [5, 5.41) is 2.95. The van der Waals surface area contributed by atoms with Crippen LogP contribution in [-0.4, -0.2) is 44.3 Å². The number of ether oxygens (including phenoxy) is 3. The van der Waals surface area contributed by atoms with Gasteiger partial charge in [-0.1, -0.05) is 0 Å². The van der Waals surface area contributed by atoms with Crippen LogP contribution in [0.4, 0.5) is 0 Å². The molecule has 8 nitrogen and oxygen atoms in total. The summed E-state index contributed by atoms with van der Waals surface area (Å²) in [4.78, 5) is 37.0. The topological polar surface area (TPSA) is 104 Å². The van der Waals surface area contributed by atoms with Crippen molar-refractivity contribution < 1.29 is 33.0 Å². The third kappa shape index (κ3) is 3.43. The molecular formula is C16H21NO7. The second-order valence-electron chi connectivity index (χ2n) is 5.22. The van der Waals surface area contributed by atoms with Crippen LogP contribution in [0.25, 0.3) is 0 Å². The maximum atomic E-state index is 12.5. The molecule has 0 bridgehead atoms. The van der Waals surface area contributed by atoms with Gasteiger partial charge in [-0.3, -0.25) is 19.7 Å². The molecule has 4 atom stereocenters. The molecule has 1 aliphatic rings. The monoisotopic (exact) mass is 339 g/mol. The Hall–Kier alpha value is -2.35. The summed E-state index contributed by atoms with van der Waals surface area (Å²) in [6.45, 7) is 3.60. The minimum atomic E-state index is -1.06. The highest BCUT2D eigenvalue weighted by atomic mass is 16.5. The van der Waals surface area contributed by atoms with E-state index < -0.39 is 41.8 Å². The van der Waals surface area contributed by atoms with Gasteiger partial charge in [-0.2, -0.15) is 0 Å². The molecule has 8 heteroatoms. The number of nitrogens with one attached hydrogen (secondary N) is 1. The van der Waals surface area contributed by atoms with Gasteiger partial charge in [0.05, 0.1) is 44.5 Å². The number of carbonyl (C=O) groups is 3. The first-order valence-corrected chi connectivity index (χ1v) is 7.75. The van der Waals surface area contributed by atoms with Crippen molar-refractivity contribution >= 4 is 17.9 Å². The Morgan fingerprint density at radius 1 is 1.08 bits per heavy atom. The van der Waals surface area contributed by atoms with E-state index in [1.807, 2.05) is 0 Å². The molecular weight excluding hydrogens is 318 g/mol. The van der Waals surface area contributed by atoms with Crippen molar-refractivity contribution in [3.8, 4) is 0 Å². The fourth-order valence-corrected chi connectivity index (χ4v) is 2.93. The van der Waals surface area contributed by atoms with Gasteiger partial charge in [0.1, 0.15) is 11.8 Å². The molecule has 1 aromatic rings. The van der Waals surface area contributed by atoms with Crippen LogP contribution in [0.5, 0.6) is 0 Å². The van der Waals surface area contributed by atoms with Gasteiger partial charge in [0.25, 0.3) is 0 Å². The van der Waals surface area contributed by atoms with E-state index in [0.717, 1.165) is 0 Å². The molecule has 2 heterocycles. The van der Waals surface area contributed by atoms with Gasteiger partial charge in [0, 0.05) is 0 Å². The van der Waals surface area contributed by atoms with E-state index >= 15 is 0 Å². The summed E-state index contributed by atoms with van der Waals surface area (Å²) in [6.07, 6.45) is 1.45. The summed E-state index contributed by atoms with van der Waals surface area (Å²) in [7, 11) is 1.21. The quantitative estimate of drug-likeness (QED) is 0.600. The average Bonchev–Trinajstić information content (AvgIpc) is 3.21. The lowest BCUT2D eigenvalue weighted by molar-refractivity contribution is -0.162. The fraction of sp³-hybridized carbons (Fsp3) is 0.562. The maximum Gasteiger partial charge on any atom is 0.323 e. The number of furan rings is 1. The van der Waals surface area contributed by atoms with Crippen LogP contribution in [0.3, 0.4) is 0 Å². The predicted molar refractivity (Wildman–Crippen MR) is 80.6 cm³/mol. The second kappa shape index (κ2) is 7.96. The third-order valence-corrected chi connectivity index (χ3v) is 3.89. The molecule has 1 aliphatic heterocycles. The normalized spacial score (nSPS) is 26.0. The minimum absolute atomic E-state index is 0.129. The molecule has 0 saturated carbocycles. The maximum absolute atomic E-state index is 12.5. The van der Waals surface area contributed by atoms with Crippen LogP contribution < -0.4 is 5.32 Å². The second-order valence-corrected chi connectivity index (χ2v) is 5.22. The molecule has 132 valence electrons. The van der Waals surface area contributed by atoms with Crippen LogP contribution in [0.2, 0.25) is 0 Å². The van der Waals surface area contributed by atoms with Crippen molar-refractivity contribution in [1.82, 2.24) is 5.32 Å². The highest BCUT2D eigenvalue weighted by Gasteiger charge is 2.56. The van der Waals surface area contributed by atoms with Crippen LogP contribution >= 0.6 is 0 Å². The molecule has 1 fully saturated rings. The Bertz CT molecular complexity index is 583. The number of carbonyl (C=O) groups excluding carboxylic acids is 3. The predicted octanol–water partition coefficient (Wildman–Crippen LogP) is 0.824. The van der Waals surface area contributed by atoms with Gasteiger partial charge in [-0.25, -0.2) is 0 Å². The molecule has 0 aliphatic carbocycles. The highest BCUT2D eigenvalue weighted by molar-refractivity contribution is 5.91. The Kier molecular flexibility index (Phi) is 5.97. The lowest BCUT2D eigenvalue weighted by atomic mass is 9.86. The van der Waals surface area contributed by atoms with E-state index in [1.54, 1.807) is 26.0 Å². The van der Waals surface area contributed by atoms with Crippen molar-refractivity contribution in [3.05, 3.63) is 24.2 Å². The number of hydrogen-bond donors (Lipinski definition) is 1. The van der Waals surface area contributed by atoms with E-state index in [9.17, 15) is 14.4 Å². The van der Waals surface area contributed by atoms with E-state index in [4.69, 9.17) is 18.6 Å². The zero-order valence-electron chi connectivity index (χ0n) is 13.8. The van der Waals surface area contributed by atoms with E-state index in [0.29, 0.717) is 5.76 Å². The first kappa shape index (κ1) is 18.0. The van der Waals surface area contributed by atoms with Crippen LogP contribution in [0, 0.1) is 11.8 Å². The van der Waals surface area contributed by atoms with Crippen molar-refractivity contribution in [3.63, 3.8) is 0 Å². The van der Waals surface area contributed by atoms with E-state index in [1.165, 1.54) is 13.4 Å². The van der Waals surface area contributed by atoms with Gasteiger partial charge >= 0.3 is 17.9 Å². The zero-order chi connectivity index (χ0) is 17.7. The number of hydrogen-bond acceptors (Lipinski definition) is 8. The fourth-order valence-electron chi connectivity index (χ4n) is 2.93. The van der Waals surface area contributed by atoms with Gasteiger partial charge in [-0.05, 0) is 26.0 Å². The Balaban J connectivity index is 2.43. The van der Waals surface area contributed by atoms with Crippen molar-refractivity contribution in [2.75, 3.05) is 20.3 Å². The summed E-state index contributed by atoms with van der Waals surface area (Å²) < 4.78 is 20.2. The van der Waals surface area contributed by atoms with Crippen LogP contribution in [0.15, 0.2) is 22.8 Å². The molecule has 0 amide bonds. The largest absolute Gasteiger partial charge is 0.468 e. The third-order valence-electron chi connectivity index (χ3n) is 3.89. The molecule has 0 radical (unpaired) electrons. The first-order chi connectivity index (χ1) is 11.5. The van der Waals surface area contributed by atoms with E-state index in [2.05, 4.69) is 5.32 Å². The Morgan fingerprint density at radius 2 is 1.71 bits per heavy atom. The van der Waals surface area contributed by atoms with Gasteiger partial charge in [0.2, 0.25) is 0 Å². The summed E-state index contributed by atoms with van der Waals surface area (Å²) in [5.41, 5.74) is 0. The smallest absolute Gasteiger partial charge is 0.323 e. The standard InChI is InChI=1S/C16H21NO7/c1-4-22-14(18)10-11(15(19)23-5-2)13(16(20)21-3)17-12(10)9-7-6-8-24-9/h6-8,10-13,17H,4-5H2,1-3H3/t10-,11+,12-,13-/m0/s1. The lowest BCUT2D eigenvalue weighted by Gasteiger charge is -2.21. The average molecular weight is 339 g/mol. The first-order valence-electron chi connectivity index (χ1n) is 7.75. The van der Waals surface area contributed by atoms with Gasteiger partial charge < -0.3 is 18.6 Å². The molecule has 1 N–H and O–H groups in total. The molecule has 0 aromatic carbocycles. The molecule has 1 saturated heterocycles. The molecule has 24 heavy (non-hydrogen) atoms. The molecule has 2 rings (SSSR count). The van der Waals surface area contributed by atoms with Crippen molar-refractivity contribution in [2.45, 2.75) is 25.9 Å². The SMILES string of the molecule is CCOC(=O)[C@@H]1[C@H](C(=O)OCC)[C@H](c2ccco2)N[C@@H]1C(=O)OC. The minimum Gasteiger partial charge on any atom is -0.468 e. The van der Waals surface area contributed by atoms with Gasteiger partial charge in [0.15, 0.2) is 0 Å². The lowest BCUT2D eigenvalue weighted by Crippen LogP contribution is -2.42. The number of methoxy groups -OCH3 is 1. The summed E-state index contributed by atoms with van der Waals surface area (Å²) in [6, 6.07) is 1.59. The van der Waals surface area contributed by atoms with Gasteiger partial charge in [-0.15, -0.1) is 0 Å². The zero-order valence-corrected chi connectivity index (χ0v) is 13.8. The number of esters is 3. The highest BCUT2D eigenvalue weighted by Crippen LogP contribution is 2.39. The van der Waals surface area contributed by atoms with E-state index in [-0.39, 0.29) is 13.2 Å². The van der Waals surface area contributed by atoms with Crippen LogP contribution in [0.1, 0.15) is 25.6 Å². The summed E-state index contributed by atoms with van der Waals surface area (Å²) >= 11 is 0. The number of rotatable bonds is 6. The molecule has 1 aromatic heterocycles. The Morgan fingerprint density at radius 3 is 2.21 bits per heavy atom. The molecule has 0 unspecified atom stereocenters. The molecule has 0 spiro atoms. The van der Waals surface area contributed by atoms with Crippen molar-refractivity contribution in [1.29, 1.82) is 0 Å². The Labute approximate surface area is 139 Å². The van der Waals surface area contributed by atoms with Crippen molar-refractivity contribution in [2.24, 2.45) is 11.8 Å². The summed E-state index contributed by atoms with van der Waals surface area (Å²) in [5.74, 6) is -3.51.